The second-order valence-corrected chi connectivity index (χ2v) is 8.72. The minimum atomic E-state index is 0.817. The largest absolute Gasteiger partial charge is 0.494 e. The highest BCUT2D eigenvalue weighted by molar-refractivity contribution is 7.97. The van der Waals surface area contributed by atoms with E-state index in [4.69, 9.17) is 4.74 Å². The first-order chi connectivity index (χ1) is 13.4. The normalized spacial score (nSPS) is 18.2. The van der Waals surface area contributed by atoms with E-state index in [1.807, 2.05) is 11.9 Å². The molecule has 0 unspecified atom stereocenters. The van der Waals surface area contributed by atoms with Crippen molar-refractivity contribution in [2.75, 3.05) is 32.8 Å². The van der Waals surface area contributed by atoms with Gasteiger partial charge in [0.2, 0.25) is 0 Å². The first kappa shape index (κ1) is 18.9. The predicted molar refractivity (Wildman–Crippen MR) is 113 cm³/mol. The lowest BCUT2D eigenvalue weighted by atomic mass is 10.0. The number of piperidine rings is 1. The van der Waals surface area contributed by atoms with Gasteiger partial charge in [0.1, 0.15) is 5.75 Å². The molecule has 4 heteroatoms. The van der Waals surface area contributed by atoms with E-state index in [0.29, 0.717) is 0 Å². The van der Waals surface area contributed by atoms with Gasteiger partial charge in [-0.15, -0.1) is 0 Å². The standard InChI is InChI=1S/C23H30N2OS/c1-3-8-23(9-4-1)27-25-16-12-20-10-11-22(18-21(20)19-25)26-17-7-15-24-13-5-2-6-14-24/h1,3-4,8-11,18H,2,5-7,12-17,19H2. The van der Waals surface area contributed by atoms with E-state index in [2.05, 4.69) is 57.7 Å². The minimum Gasteiger partial charge on any atom is -0.494 e. The molecule has 0 aliphatic carbocycles. The molecule has 3 nitrogen and oxygen atoms in total. The van der Waals surface area contributed by atoms with Gasteiger partial charge >= 0.3 is 0 Å². The van der Waals surface area contributed by atoms with Crippen LogP contribution < -0.4 is 4.74 Å². The van der Waals surface area contributed by atoms with Crippen LogP contribution in [0.3, 0.4) is 0 Å². The van der Waals surface area contributed by atoms with Gasteiger partial charge in [-0.05, 0) is 86.1 Å². The summed E-state index contributed by atoms with van der Waals surface area (Å²) in [6.45, 7) is 6.62. The molecule has 2 aliphatic rings. The number of benzene rings is 2. The third-order valence-corrected chi connectivity index (χ3v) is 6.52. The fourth-order valence-electron chi connectivity index (χ4n) is 3.97. The highest BCUT2D eigenvalue weighted by Crippen LogP contribution is 2.30. The summed E-state index contributed by atoms with van der Waals surface area (Å²) in [5.74, 6) is 1.03. The molecule has 0 amide bonds. The number of likely N-dealkylation sites (tertiary alicyclic amines) is 1. The molecular weight excluding hydrogens is 352 g/mol. The summed E-state index contributed by atoms with van der Waals surface area (Å²) in [5.41, 5.74) is 2.89. The third kappa shape index (κ3) is 5.50. The minimum absolute atomic E-state index is 0.817. The molecule has 0 spiro atoms. The number of nitrogens with zero attached hydrogens (tertiary/aromatic N) is 2. The average Bonchev–Trinajstić information content (AvgIpc) is 2.72. The lowest BCUT2D eigenvalue weighted by Gasteiger charge is -2.28. The van der Waals surface area contributed by atoms with Gasteiger partial charge in [0.15, 0.2) is 0 Å². The van der Waals surface area contributed by atoms with E-state index in [1.165, 1.54) is 54.9 Å². The zero-order valence-electron chi connectivity index (χ0n) is 16.1. The highest BCUT2D eigenvalue weighted by atomic mass is 32.2. The van der Waals surface area contributed by atoms with Gasteiger partial charge in [0.25, 0.3) is 0 Å². The van der Waals surface area contributed by atoms with Gasteiger partial charge in [-0.2, -0.15) is 0 Å². The SMILES string of the molecule is c1ccc(SN2CCc3ccc(OCCCN4CCCCC4)cc3C2)cc1. The van der Waals surface area contributed by atoms with Crippen LogP contribution in [0.5, 0.6) is 5.75 Å². The van der Waals surface area contributed by atoms with E-state index in [1.54, 1.807) is 0 Å². The second-order valence-electron chi connectivity index (χ2n) is 7.55. The first-order valence-electron chi connectivity index (χ1n) is 10.3. The van der Waals surface area contributed by atoms with Crippen LogP contribution in [-0.4, -0.2) is 42.0 Å². The molecule has 27 heavy (non-hydrogen) atoms. The van der Waals surface area contributed by atoms with E-state index < -0.39 is 0 Å². The van der Waals surface area contributed by atoms with Crippen molar-refractivity contribution in [1.29, 1.82) is 0 Å². The van der Waals surface area contributed by atoms with Crippen molar-refractivity contribution in [3.8, 4) is 5.75 Å². The molecule has 2 heterocycles. The van der Waals surface area contributed by atoms with Gasteiger partial charge in [-0.1, -0.05) is 30.7 Å². The van der Waals surface area contributed by atoms with Crippen molar-refractivity contribution in [1.82, 2.24) is 9.21 Å². The van der Waals surface area contributed by atoms with Crippen LogP contribution in [0.2, 0.25) is 0 Å². The third-order valence-electron chi connectivity index (χ3n) is 5.47. The highest BCUT2D eigenvalue weighted by Gasteiger charge is 2.18. The van der Waals surface area contributed by atoms with Gasteiger partial charge < -0.3 is 9.64 Å². The van der Waals surface area contributed by atoms with Crippen molar-refractivity contribution < 1.29 is 4.74 Å². The molecule has 0 saturated carbocycles. The molecule has 2 aromatic carbocycles. The maximum Gasteiger partial charge on any atom is 0.119 e. The molecule has 2 aliphatic heterocycles. The van der Waals surface area contributed by atoms with Crippen molar-refractivity contribution >= 4 is 11.9 Å². The quantitative estimate of drug-likeness (QED) is 0.494. The van der Waals surface area contributed by atoms with E-state index in [0.717, 1.165) is 38.3 Å². The number of rotatable bonds is 7. The lowest BCUT2D eigenvalue weighted by Crippen LogP contribution is -2.31. The van der Waals surface area contributed by atoms with Crippen LogP contribution in [0.15, 0.2) is 53.4 Å². The predicted octanol–water partition coefficient (Wildman–Crippen LogP) is 5.01. The molecule has 0 aromatic heterocycles. The number of ether oxygens (including phenoxy) is 1. The Morgan fingerprint density at radius 2 is 1.74 bits per heavy atom. The molecule has 1 fully saturated rings. The zero-order valence-corrected chi connectivity index (χ0v) is 16.9. The topological polar surface area (TPSA) is 15.7 Å². The first-order valence-corrected chi connectivity index (χ1v) is 11.1. The van der Waals surface area contributed by atoms with Gasteiger partial charge in [-0.25, -0.2) is 4.31 Å². The van der Waals surface area contributed by atoms with Gasteiger partial charge in [0, 0.05) is 24.5 Å². The Morgan fingerprint density at radius 3 is 2.59 bits per heavy atom. The molecule has 1 saturated heterocycles. The van der Waals surface area contributed by atoms with Crippen molar-refractivity contribution in [3.63, 3.8) is 0 Å². The number of hydrogen-bond acceptors (Lipinski definition) is 4. The van der Waals surface area contributed by atoms with Crippen LogP contribution >= 0.6 is 11.9 Å². The Balaban J connectivity index is 1.27. The maximum absolute atomic E-state index is 6.06. The number of hydrogen-bond donors (Lipinski definition) is 0. The van der Waals surface area contributed by atoms with Crippen LogP contribution in [-0.2, 0) is 13.0 Å². The fourth-order valence-corrected chi connectivity index (χ4v) is 4.93. The molecule has 4 rings (SSSR count). The van der Waals surface area contributed by atoms with Gasteiger partial charge in [0.05, 0.1) is 6.61 Å². The molecule has 0 bridgehead atoms. The van der Waals surface area contributed by atoms with Crippen LogP contribution in [0, 0.1) is 0 Å². The zero-order chi connectivity index (χ0) is 18.3. The fraction of sp³-hybridized carbons (Fsp3) is 0.478. The van der Waals surface area contributed by atoms with Crippen molar-refractivity contribution in [2.24, 2.45) is 0 Å². The molecule has 2 aromatic rings. The summed E-state index contributed by atoms with van der Waals surface area (Å²) in [7, 11) is 0. The Bertz CT molecular complexity index is 716. The van der Waals surface area contributed by atoms with Crippen LogP contribution in [0.25, 0.3) is 0 Å². The Labute approximate surface area is 167 Å². The summed E-state index contributed by atoms with van der Waals surface area (Å²) in [4.78, 5) is 3.89. The summed E-state index contributed by atoms with van der Waals surface area (Å²) in [5, 5.41) is 0. The molecule has 0 atom stereocenters. The summed E-state index contributed by atoms with van der Waals surface area (Å²) >= 11 is 1.86. The Morgan fingerprint density at radius 1 is 0.889 bits per heavy atom. The Hall–Kier alpha value is -1.49. The average molecular weight is 383 g/mol. The molecule has 0 radical (unpaired) electrons. The van der Waals surface area contributed by atoms with Crippen molar-refractivity contribution in [2.45, 2.75) is 43.5 Å². The van der Waals surface area contributed by atoms with Gasteiger partial charge in [-0.3, -0.25) is 0 Å². The molecule has 0 N–H and O–H groups in total. The van der Waals surface area contributed by atoms with E-state index in [9.17, 15) is 0 Å². The van der Waals surface area contributed by atoms with E-state index >= 15 is 0 Å². The van der Waals surface area contributed by atoms with Crippen LogP contribution in [0.4, 0.5) is 0 Å². The summed E-state index contributed by atoms with van der Waals surface area (Å²) in [6, 6.07) is 17.3. The van der Waals surface area contributed by atoms with Crippen LogP contribution in [0.1, 0.15) is 36.8 Å². The summed E-state index contributed by atoms with van der Waals surface area (Å²) in [6.07, 6.45) is 6.37. The lowest BCUT2D eigenvalue weighted by molar-refractivity contribution is 0.205. The number of fused-ring (bicyclic) bond motifs is 1. The summed E-state index contributed by atoms with van der Waals surface area (Å²) < 4.78 is 8.52. The van der Waals surface area contributed by atoms with Crippen molar-refractivity contribution in [3.05, 3.63) is 59.7 Å². The second kappa shape index (κ2) is 9.63. The monoisotopic (exact) mass is 382 g/mol. The maximum atomic E-state index is 6.06. The smallest absolute Gasteiger partial charge is 0.119 e. The Kier molecular flexibility index (Phi) is 6.72. The molecule has 144 valence electrons. The molecular formula is C23H30N2OS. The van der Waals surface area contributed by atoms with E-state index in [-0.39, 0.29) is 0 Å².